The molecule has 6 aliphatic heterocycles. The maximum atomic E-state index is 14.1. The Hall–Kier alpha value is -8.50. The molecule has 0 spiro atoms. The van der Waals surface area contributed by atoms with E-state index in [1.807, 2.05) is 0 Å². The lowest BCUT2D eigenvalue weighted by Crippen LogP contribution is -2.55. The van der Waals surface area contributed by atoms with Crippen LogP contribution in [0.4, 0.5) is 23.0 Å². The molecule has 450 valence electrons. The monoisotopic (exact) mass is 1170 g/mol. The zero-order chi connectivity index (χ0) is 60.0. The van der Waals surface area contributed by atoms with Crippen molar-refractivity contribution < 1.29 is 19.1 Å². The number of anilines is 4. The van der Waals surface area contributed by atoms with Gasteiger partial charge < -0.3 is 43.8 Å². The number of likely N-dealkylation sites (N-methyl/N-ethyl adjacent to an activating group) is 1. The Morgan fingerprint density at radius 2 is 1.10 bits per heavy atom. The van der Waals surface area contributed by atoms with E-state index in [0.29, 0.717) is 89.9 Å². The molecule has 2 aromatic heterocycles. The number of amides is 2. The maximum Gasteiger partial charge on any atom is 0.318 e. The van der Waals surface area contributed by atoms with Crippen molar-refractivity contribution in [3.05, 3.63) is 119 Å². The Labute approximate surface area is 511 Å². The summed E-state index contributed by atoms with van der Waals surface area (Å²) < 4.78 is 13.1. The van der Waals surface area contributed by atoms with Gasteiger partial charge >= 0.3 is 12.0 Å². The average Bonchev–Trinajstić information content (AvgIpc) is 2.44. The minimum atomic E-state index is -0.373. The Balaban J connectivity index is 0.712. The summed E-state index contributed by atoms with van der Waals surface area (Å²) in [6, 6.07) is 31.2. The first-order valence-corrected chi connectivity index (χ1v) is 31.5. The zero-order valence-electron chi connectivity index (χ0n) is 50.8. The number of carbonyl (C=O) groups is 2. The summed E-state index contributed by atoms with van der Waals surface area (Å²) in [5.74, 6) is 7.43. The minimum Gasteiger partial charge on any atom is -0.462 e. The lowest BCUT2D eigenvalue weighted by Gasteiger charge is -2.41. The number of benzene rings is 4. The van der Waals surface area contributed by atoms with Gasteiger partial charge in [-0.15, -0.1) is 0 Å². The summed E-state index contributed by atoms with van der Waals surface area (Å²) in [6.45, 7) is 17.7. The van der Waals surface area contributed by atoms with Crippen molar-refractivity contribution in [1.82, 2.24) is 39.5 Å². The van der Waals surface area contributed by atoms with Crippen LogP contribution in [0.1, 0.15) is 78.6 Å². The van der Waals surface area contributed by atoms with Crippen LogP contribution in [-0.4, -0.2) is 181 Å². The summed E-state index contributed by atoms with van der Waals surface area (Å²) in [4.78, 5) is 65.4. The lowest BCUT2D eigenvalue weighted by atomic mass is 10.0. The number of fused-ring (bicyclic) bond motifs is 4. The maximum absolute atomic E-state index is 14.1. The fourth-order valence-corrected chi connectivity index (χ4v) is 14.4. The van der Waals surface area contributed by atoms with Gasteiger partial charge in [0.25, 0.3) is 5.91 Å². The molecule has 8 heterocycles. The number of likely N-dealkylation sites (tertiary alicyclic amines) is 2. The molecule has 87 heavy (non-hydrogen) atoms. The van der Waals surface area contributed by atoms with E-state index in [4.69, 9.17) is 29.4 Å². The van der Waals surface area contributed by atoms with Crippen LogP contribution in [0.25, 0.3) is 21.5 Å². The minimum absolute atomic E-state index is 0.109. The molecule has 4 aromatic carbocycles. The van der Waals surface area contributed by atoms with Crippen LogP contribution >= 0.6 is 0 Å². The summed E-state index contributed by atoms with van der Waals surface area (Å²) in [6.07, 6.45) is 9.29. The van der Waals surface area contributed by atoms with Crippen LogP contribution in [0.5, 0.6) is 12.0 Å². The zero-order valence-corrected chi connectivity index (χ0v) is 50.8. The van der Waals surface area contributed by atoms with Gasteiger partial charge in [0.15, 0.2) is 0 Å². The van der Waals surface area contributed by atoms with Gasteiger partial charge in [0.05, 0.1) is 48.5 Å². The van der Waals surface area contributed by atoms with Crippen molar-refractivity contribution in [2.75, 3.05) is 125 Å². The first-order chi connectivity index (χ1) is 42.5. The van der Waals surface area contributed by atoms with Crippen LogP contribution in [0.2, 0.25) is 0 Å². The van der Waals surface area contributed by atoms with E-state index in [9.17, 15) is 20.1 Å². The van der Waals surface area contributed by atoms with E-state index in [2.05, 4.69) is 154 Å². The Morgan fingerprint density at radius 3 is 1.64 bits per heavy atom. The van der Waals surface area contributed by atoms with Gasteiger partial charge in [0.1, 0.15) is 24.8 Å². The van der Waals surface area contributed by atoms with E-state index in [-0.39, 0.29) is 42.8 Å². The van der Waals surface area contributed by atoms with E-state index in [1.54, 1.807) is 9.80 Å². The van der Waals surface area contributed by atoms with E-state index in [0.717, 1.165) is 118 Å². The molecule has 0 N–H and O–H groups in total. The van der Waals surface area contributed by atoms with Crippen molar-refractivity contribution in [3.63, 3.8) is 0 Å². The third-order valence-electron chi connectivity index (χ3n) is 19.1. The highest BCUT2D eigenvalue weighted by molar-refractivity contribution is 5.98. The fourth-order valence-electron chi connectivity index (χ4n) is 14.4. The van der Waals surface area contributed by atoms with Crippen LogP contribution in [0.3, 0.4) is 0 Å². The van der Waals surface area contributed by atoms with Crippen molar-refractivity contribution in [1.29, 1.82) is 10.5 Å². The highest BCUT2D eigenvalue weighted by atomic mass is 16.5. The lowest BCUT2D eigenvalue weighted by molar-refractivity contribution is -0.129. The molecule has 0 bridgehead atoms. The standard InChI is InChI=1S/C69H80N14O4/c1-5-62(84)82-42-40-80(44-52(82)25-31-70)67-57-28-37-79(61-23-11-19-51-17-9-15-49(3)65(51)61)39-30-59(57)73-69(75-67)87-47-55-21-13-35-77(55)34-7-6-24-63(85)83-43-41-81(45-53(83)26-32-71)66-56-27-36-78(60-22-10-18-50-16-8-14-48(2)64(50)60)38-29-58(56)72-68(74-66)86-46-54-20-12-33-76(54)4/h5,8-11,14-19,22-23,52-55H,1,7,12-13,20-21,25-30,33-47H2,2-4H3/t52-,53-,54-,55-/m0/s1. The highest BCUT2D eigenvalue weighted by Crippen LogP contribution is 2.37. The Bertz CT molecular complexity index is 3690. The molecule has 0 saturated carbocycles. The van der Waals surface area contributed by atoms with Gasteiger partial charge in [-0.1, -0.05) is 73.2 Å². The van der Waals surface area contributed by atoms with Gasteiger partial charge in [-0.3, -0.25) is 14.5 Å². The summed E-state index contributed by atoms with van der Waals surface area (Å²) in [7, 11) is 2.15. The molecular weight excluding hydrogens is 1090 g/mol. The second-order valence-corrected chi connectivity index (χ2v) is 24.3. The van der Waals surface area contributed by atoms with Crippen LogP contribution in [0.15, 0.2) is 85.5 Å². The normalized spacial score (nSPS) is 20.9. The number of aromatic nitrogens is 4. The predicted octanol–water partition coefficient (Wildman–Crippen LogP) is 7.86. The molecule has 0 aliphatic carbocycles. The number of nitrogens with zero attached hydrogens (tertiary/aromatic N) is 14. The predicted molar refractivity (Wildman–Crippen MR) is 340 cm³/mol. The molecule has 18 heteroatoms. The second kappa shape index (κ2) is 26.6. The molecular formula is C69H80N14O4. The van der Waals surface area contributed by atoms with Gasteiger partial charge in [0, 0.05) is 137 Å². The van der Waals surface area contributed by atoms with Gasteiger partial charge in [0.2, 0.25) is 5.91 Å². The first kappa shape index (κ1) is 58.9. The molecule has 2 amide bonds. The average molecular weight is 1170 g/mol. The number of hydrogen-bond donors (Lipinski definition) is 0. The van der Waals surface area contributed by atoms with Crippen LogP contribution in [0, 0.1) is 48.4 Å². The Kier molecular flexibility index (Phi) is 18.0. The number of carbonyl (C=O) groups excluding carboxylic acids is 2. The first-order valence-electron chi connectivity index (χ1n) is 31.5. The second-order valence-electron chi connectivity index (χ2n) is 24.3. The number of piperazine rings is 2. The molecule has 18 nitrogen and oxygen atoms in total. The van der Waals surface area contributed by atoms with Crippen molar-refractivity contribution in [3.8, 4) is 36.0 Å². The van der Waals surface area contributed by atoms with Crippen LogP contribution < -0.4 is 29.1 Å². The molecule has 12 rings (SSSR count). The SMILES string of the molecule is C=CC(=O)N1CCN(c2nc(OC[C@@H]3CCCN3CCC#CC(=O)N3CCN(c4nc(OC[C@@H]5CCCN5C)nc5c4CCN(c4cccc6cccc(C)c46)CC5)C[C@@H]3CC#N)nc3c2CCN(c2cccc4cccc(C)c24)CC3)C[C@@H]1CC#N. The summed E-state index contributed by atoms with van der Waals surface area (Å²) in [5.41, 5.74) is 9.08. The van der Waals surface area contributed by atoms with E-state index < -0.39 is 0 Å². The number of hydrogen-bond acceptors (Lipinski definition) is 16. The molecule has 4 saturated heterocycles. The van der Waals surface area contributed by atoms with E-state index in [1.165, 1.54) is 50.1 Å². The summed E-state index contributed by atoms with van der Waals surface area (Å²) in [5, 5.41) is 25.0. The van der Waals surface area contributed by atoms with Crippen molar-refractivity contribution in [2.24, 2.45) is 0 Å². The number of aryl methyl sites for hydroxylation is 2. The smallest absolute Gasteiger partial charge is 0.318 e. The van der Waals surface area contributed by atoms with Crippen molar-refractivity contribution in [2.45, 2.75) is 109 Å². The number of ether oxygens (including phenoxy) is 2. The third kappa shape index (κ3) is 12.7. The molecule has 6 aliphatic rings. The van der Waals surface area contributed by atoms with E-state index >= 15 is 0 Å². The molecule has 0 unspecified atom stereocenters. The highest BCUT2D eigenvalue weighted by Gasteiger charge is 2.36. The number of nitriles is 2. The fraction of sp³-hybridized carbons (Fsp3) is 0.478. The topological polar surface area (TPSA) is 178 Å². The van der Waals surface area contributed by atoms with Gasteiger partial charge in [-0.25, -0.2) is 0 Å². The third-order valence-corrected chi connectivity index (χ3v) is 19.1. The van der Waals surface area contributed by atoms with Crippen molar-refractivity contribution >= 4 is 56.4 Å². The molecule has 6 aromatic rings. The number of rotatable bonds is 15. The largest absolute Gasteiger partial charge is 0.462 e. The van der Waals surface area contributed by atoms with Gasteiger partial charge in [-0.05, 0) is 119 Å². The summed E-state index contributed by atoms with van der Waals surface area (Å²) >= 11 is 0. The molecule has 0 radical (unpaired) electrons. The molecule has 4 atom stereocenters. The van der Waals surface area contributed by atoms with Crippen LogP contribution in [-0.2, 0) is 35.3 Å². The quantitative estimate of drug-likeness (QED) is 0.0716. The van der Waals surface area contributed by atoms with Gasteiger partial charge in [-0.2, -0.15) is 30.5 Å². The Morgan fingerprint density at radius 1 is 0.598 bits per heavy atom. The molecule has 4 fully saturated rings.